The molecule has 0 saturated heterocycles. The second-order valence-corrected chi connectivity index (χ2v) is 11.6. The van der Waals surface area contributed by atoms with Crippen LogP contribution in [0.5, 0.6) is 0 Å². The minimum atomic E-state index is -0.170. The molecular weight excluding hydrogens is 501 g/mol. The third kappa shape index (κ3) is 5.91. The first-order chi connectivity index (χ1) is 18.0. The summed E-state index contributed by atoms with van der Waals surface area (Å²) in [5.41, 5.74) is 3.85. The number of hydrogen-bond acceptors (Lipinski definition) is 3. The highest BCUT2D eigenvalue weighted by atomic mass is 35.5. The van der Waals surface area contributed by atoms with E-state index in [4.69, 9.17) is 11.6 Å². The van der Waals surface area contributed by atoms with Crippen molar-refractivity contribution in [2.45, 2.75) is 51.4 Å². The van der Waals surface area contributed by atoms with Gasteiger partial charge in [-0.15, -0.1) is 11.3 Å². The lowest BCUT2D eigenvalue weighted by atomic mass is 9.75. The van der Waals surface area contributed by atoms with E-state index in [9.17, 15) is 9.18 Å². The number of Topliss-reactive ketones (excluding diaryl/α,β-unsaturated/α-hetero) is 1. The lowest BCUT2D eigenvalue weighted by Gasteiger charge is -2.30. The molecule has 5 rings (SSSR count). The molecule has 0 spiro atoms. The molecule has 0 radical (unpaired) electrons. The molecule has 1 N–H and O–H groups in total. The first-order valence-electron chi connectivity index (χ1n) is 13.3. The van der Waals surface area contributed by atoms with Gasteiger partial charge in [0.1, 0.15) is 5.82 Å². The maximum Gasteiger partial charge on any atom is 0.174 e. The summed E-state index contributed by atoms with van der Waals surface area (Å²) in [5.74, 6) is 0.690. The summed E-state index contributed by atoms with van der Waals surface area (Å²) < 4.78 is 16.0. The van der Waals surface area contributed by atoms with E-state index in [1.165, 1.54) is 30.6 Å². The lowest BCUT2D eigenvalue weighted by Crippen LogP contribution is -2.22. The number of thiophene rings is 1. The van der Waals surface area contributed by atoms with Crippen LogP contribution in [0.3, 0.4) is 0 Å². The number of rotatable bonds is 9. The Morgan fingerprint density at radius 3 is 2.49 bits per heavy atom. The van der Waals surface area contributed by atoms with E-state index in [-0.39, 0.29) is 17.5 Å². The maximum atomic E-state index is 14.9. The van der Waals surface area contributed by atoms with Crippen LogP contribution < -0.4 is 5.32 Å². The molecule has 1 aliphatic carbocycles. The number of ketones is 1. The minimum Gasteiger partial charge on any atom is -0.388 e. The van der Waals surface area contributed by atoms with Gasteiger partial charge in [-0.05, 0) is 71.7 Å². The summed E-state index contributed by atoms with van der Waals surface area (Å²) in [4.78, 5) is 14.2. The smallest absolute Gasteiger partial charge is 0.174 e. The van der Waals surface area contributed by atoms with Crippen molar-refractivity contribution in [1.29, 1.82) is 0 Å². The number of anilines is 1. The standard InChI is InChI=1S/C32H33ClFNOS/c1-35-26-16-13-22(14-17-26)23-15-18-28(34)25(19-23)12-11-24(21-7-3-2-4-8-21)20-29(36)32-31(33)27-9-5-6-10-30(27)37-32/h5-6,9-10,13-19,21,24,35H,2-4,7-8,11-12,20H2,1H3. The molecule has 1 aromatic heterocycles. The molecule has 0 amide bonds. The summed E-state index contributed by atoms with van der Waals surface area (Å²) >= 11 is 8.14. The number of fused-ring (bicyclic) bond motifs is 1. The van der Waals surface area contributed by atoms with Crippen molar-refractivity contribution < 1.29 is 9.18 Å². The van der Waals surface area contributed by atoms with Crippen LogP contribution >= 0.6 is 22.9 Å². The third-order valence-corrected chi connectivity index (χ3v) is 9.61. The Labute approximate surface area is 227 Å². The molecular formula is C32H33ClFNOS. The normalized spacial score (nSPS) is 15.1. The van der Waals surface area contributed by atoms with Crippen LogP contribution in [0.1, 0.15) is 60.2 Å². The Morgan fingerprint density at radius 1 is 1.03 bits per heavy atom. The van der Waals surface area contributed by atoms with Crippen molar-refractivity contribution in [1.82, 2.24) is 0 Å². The van der Waals surface area contributed by atoms with Gasteiger partial charge in [-0.3, -0.25) is 4.79 Å². The van der Waals surface area contributed by atoms with E-state index in [2.05, 4.69) is 17.4 Å². The van der Waals surface area contributed by atoms with Crippen LogP contribution in [0.15, 0.2) is 66.7 Å². The average molecular weight is 534 g/mol. The van der Waals surface area contributed by atoms with Crippen LogP contribution in [0.4, 0.5) is 10.1 Å². The first-order valence-corrected chi connectivity index (χ1v) is 14.5. The van der Waals surface area contributed by atoms with Crippen LogP contribution in [0.2, 0.25) is 5.02 Å². The van der Waals surface area contributed by atoms with Gasteiger partial charge < -0.3 is 5.32 Å². The zero-order chi connectivity index (χ0) is 25.8. The molecule has 1 fully saturated rings. The van der Waals surface area contributed by atoms with Crippen LogP contribution in [-0.4, -0.2) is 12.8 Å². The Kier molecular flexibility index (Phi) is 8.26. The lowest BCUT2D eigenvalue weighted by molar-refractivity contribution is 0.0930. The monoisotopic (exact) mass is 533 g/mol. The Hall–Kier alpha value is -2.69. The Bertz CT molecular complexity index is 1370. The van der Waals surface area contributed by atoms with Crippen molar-refractivity contribution in [2.75, 3.05) is 12.4 Å². The maximum absolute atomic E-state index is 14.9. The van der Waals surface area contributed by atoms with Gasteiger partial charge in [-0.1, -0.05) is 80.1 Å². The predicted molar refractivity (Wildman–Crippen MR) is 156 cm³/mol. The van der Waals surface area contributed by atoms with Crippen molar-refractivity contribution in [3.63, 3.8) is 0 Å². The van der Waals surface area contributed by atoms with Gasteiger partial charge >= 0.3 is 0 Å². The van der Waals surface area contributed by atoms with Crippen molar-refractivity contribution >= 4 is 44.5 Å². The predicted octanol–water partition coefficient (Wildman–Crippen LogP) is 9.80. The Balaban J connectivity index is 1.35. The number of aryl methyl sites for hydroxylation is 1. The molecule has 0 bridgehead atoms. The van der Waals surface area contributed by atoms with E-state index < -0.39 is 0 Å². The van der Waals surface area contributed by atoms with Gasteiger partial charge in [0.2, 0.25) is 0 Å². The molecule has 3 aromatic carbocycles. The highest BCUT2D eigenvalue weighted by Crippen LogP contribution is 2.40. The Morgan fingerprint density at radius 2 is 1.76 bits per heavy atom. The summed E-state index contributed by atoms with van der Waals surface area (Å²) in [7, 11) is 1.90. The molecule has 1 aliphatic rings. The quantitative estimate of drug-likeness (QED) is 0.217. The summed E-state index contributed by atoms with van der Waals surface area (Å²) in [6.07, 6.45) is 7.90. The summed E-state index contributed by atoms with van der Waals surface area (Å²) in [6, 6.07) is 21.5. The molecule has 5 heteroatoms. The second-order valence-electron chi connectivity index (χ2n) is 10.2. The van der Waals surface area contributed by atoms with Gasteiger partial charge in [0.05, 0.1) is 9.90 Å². The zero-order valence-corrected chi connectivity index (χ0v) is 22.8. The molecule has 37 heavy (non-hydrogen) atoms. The minimum absolute atomic E-state index is 0.126. The number of carbonyl (C=O) groups is 1. The van der Waals surface area contributed by atoms with Gasteiger partial charge in [0.25, 0.3) is 0 Å². The average Bonchev–Trinajstić information content (AvgIpc) is 3.29. The molecule has 1 heterocycles. The van der Waals surface area contributed by atoms with Crippen LogP contribution in [-0.2, 0) is 6.42 Å². The number of benzene rings is 3. The van der Waals surface area contributed by atoms with Crippen molar-refractivity contribution in [3.05, 3.63) is 88.0 Å². The van der Waals surface area contributed by atoms with Crippen molar-refractivity contribution in [2.24, 2.45) is 11.8 Å². The van der Waals surface area contributed by atoms with E-state index in [1.807, 2.05) is 55.6 Å². The summed E-state index contributed by atoms with van der Waals surface area (Å²) in [5, 5.41) is 4.66. The highest BCUT2D eigenvalue weighted by molar-refractivity contribution is 7.21. The van der Waals surface area contributed by atoms with E-state index >= 15 is 0 Å². The van der Waals surface area contributed by atoms with E-state index in [0.29, 0.717) is 28.7 Å². The number of carbonyl (C=O) groups excluding carboxylic acids is 1. The largest absolute Gasteiger partial charge is 0.388 e. The fourth-order valence-electron chi connectivity index (χ4n) is 5.75. The molecule has 0 aliphatic heterocycles. The second kappa shape index (κ2) is 11.8. The molecule has 2 nitrogen and oxygen atoms in total. The van der Waals surface area contributed by atoms with Gasteiger partial charge in [0.15, 0.2) is 5.78 Å². The zero-order valence-electron chi connectivity index (χ0n) is 21.2. The third-order valence-electron chi connectivity index (χ3n) is 7.89. The summed E-state index contributed by atoms with van der Waals surface area (Å²) in [6.45, 7) is 0. The molecule has 1 atom stereocenters. The molecule has 4 aromatic rings. The molecule has 1 saturated carbocycles. The number of nitrogens with one attached hydrogen (secondary N) is 1. The molecule has 1 unspecified atom stereocenters. The van der Waals surface area contributed by atoms with Crippen LogP contribution in [0, 0.1) is 17.7 Å². The topological polar surface area (TPSA) is 29.1 Å². The van der Waals surface area contributed by atoms with Gasteiger partial charge in [0, 0.05) is 29.2 Å². The number of hydrogen-bond donors (Lipinski definition) is 1. The van der Waals surface area contributed by atoms with E-state index in [0.717, 1.165) is 51.7 Å². The van der Waals surface area contributed by atoms with Gasteiger partial charge in [-0.25, -0.2) is 4.39 Å². The van der Waals surface area contributed by atoms with Crippen molar-refractivity contribution in [3.8, 4) is 11.1 Å². The number of halogens is 2. The fourth-order valence-corrected chi connectivity index (χ4v) is 7.24. The van der Waals surface area contributed by atoms with Crippen LogP contribution in [0.25, 0.3) is 21.2 Å². The highest BCUT2D eigenvalue weighted by Gasteiger charge is 2.28. The molecule has 192 valence electrons. The fraction of sp³-hybridized carbons (Fsp3) is 0.344. The SMILES string of the molecule is CNc1ccc(-c2ccc(F)c(CCC(CC(=O)c3sc4ccccc4c3Cl)C3CCCCC3)c2)cc1. The first kappa shape index (κ1) is 25.9. The van der Waals surface area contributed by atoms with E-state index in [1.54, 1.807) is 6.07 Å². The van der Waals surface area contributed by atoms with Gasteiger partial charge in [-0.2, -0.15) is 0 Å².